The van der Waals surface area contributed by atoms with Gasteiger partial charge in [-0.15, -0.1) is 11.3 Å². The molecule has 1 fully saturated rings. The summed E-state index contributed by atoms with van der Waals surface area (Å²) >= 11 is 13.5. The molecule has 1 aromatic carbocycles. The van der Waals surface area contributed by atoms with E-state index in [1.54, 1.807) is 23.1 Å². The predicted molar refractivity (Wildman–Crippen MR) is 107 cm³/mol. The van der Waals surface area contributed by atoms with Gasteiger partial charge in [-0.1, -0.05) is 23.2 Å². The molecule has 1 aliphatic rings. The summed E-state index contributed by atoms with van der Waals surface area (Å²) in [6.45, 7) is 8.16. The topological polar surface area (TPSA) is 45.7 Å². The van der Waals surface area contributed by atoms with Crippen LogP contribution in [0.4, 0.5) is 10.8 Å². The average Bonchev–Trinajstić information content (AvgIpc) is 2.97. The summed E-state index contributed by atoms with van der Waals surface area (Å²) in [4.78, 5) is 20.8. The molecule has 0 radical (unpaired) electrons. The molecule has 1 aromatic heterocycles. The molecule has 140 valence electrons. The van der Waals surface area contributed by atoms with Gasteiger partial charge in [0, 0.05) is 31.9 Å². The zero-order valence-electron chi connectivity index (χ0n) is 14.9. The molecule has 3 rings (SSSR count). The van der Waals surface area contributed by atoms with Crippen LogP contribution >= 0.6 is 34.5 Å². The van der Waals surface area contributed by atoms with Crippen LogP contribution in [-0.2, 0) is 16.1 Å². The van der Waals surface area contributed by atoms with Gasteiger partial charge >= 0.3 is 0 Å². The quantitative estimate of drug-likeness (QED) is 0.725. The van der Waals surface area contributed by atoms with E-state index in [9.17, 15) is 4.79 Å². The molecule has 2 atom stereocenters. The van der Waals surface area contributed by atoms with E-state index in [0.717, 1.165) is 25.3 Å². The lowest BCUT2D eigenvalue weighted by Gasteiger charge is -2.34. The summed E-state index contributed by atoms with van der Waals surface area (Å²) in [5, 5.41) is 3.48. The highest BCUT2D eigenvalue weighted by atomic mass is 35.5. The summed E-state index contributed by atoms with van der Waals surface area (Å²) in [5.74, 6) is -0.127. The molecule has 0 aliphatic carbocycles. The Kier molecular flexibility index (Phi) is 6.20. The van der Waals surface area contributed by atoms with Crippen LogP contribution in [-0.4, -0.2) is 41.1 Å². The summed E-state index contributed by atoms with van der Waals surface area (Å²) < 4.78 is 5.77. The van der Waals surface area contributed by atoms with Crippen LogP contribution in [0.3, 0.4) is 0 Å². The summed E-state index contributed by atoms with van der Waals surface area (Å²) in [6, 6.07) is 5.12. The van der Waals surface area contributed by atoms with Crippen molar-refractivity contribution in [2.75, 3.05) is 18.0 Å². The molecule has 5 nitrogen and oxygen atoms in total. The Labute approximate surface area is 167 Å². The number of morpholine rings is 1. The van der Waals surface area contributed by atoms with Crippen LogP contribution in [0.5, 0.6) is 0 Å². The van der Waals surface area contributed by atoms with Gasteiger partial charge in [0.05, 0.1) is 33.6 Å². The molecule has 2 aromatic rings. The number of thiazole rings is 1. The van der Waals surface area contributed by atoms with Gasteiger partial charge in [0.1, 0.15) is 0 Å². The van der Waals surface area contributed by atoms with Crippen LogP contribution < -0.4 is 4.90 Å². The minimum atomic E-state index is -0.127. The van der Waals surface area contributed by atoms with Crippen molar-refractivity contribution in [3.63, 3.8) is 0 Å². The highest BCUT2D eigenvalue weighted by molar-refractivity contribution is 7.14. The lowest BCUT2D eigenvalue weighted by Crippen LogP contribution is -2.44. The average molecular weight is 414 g/mol. The van der Waals surface area contributed by atoms with E-state index in [1.165, 1.54) is 18.3 Å². The molecule has 26 heavy (non-hydrogen) atoms. The van der Waals surface area contributed by atoms with Crippen molar-refractivity contribution in [2.24, 2.45) is 0 Å². The third kappa shape index (κ3) is 4.56. The van der Waals surface area contributed by atoms with Gasteiger partial charge in [-0.2, -0.15) is 0 Å². The van der Waals surface area contributed by atoms with E-state index >= 15 is 0 Å². The number of amides is 1. The Morgan fingerprint density at radius 1 is 1.31 bits per heavy atom. The molecule has 8 heteroatoms. The van der Waals surface area contributed by atoms with E-state index in [2.05, 4.69) is 23.7 Å². The standard InChI is InChI=1S/C18H21Cl2N3O2S/c1-11-7-22(8-12(2)25-11)9-14-10-26-18(21-14)23(13(3)24)15-4-5-16(19)17(20)6-15/h4-6,10-12H,7-9H2,1-3H3/t11-,12-/m0/s1. The van der Waals surface area contributed by atoms with Crippen LogP contribution in [0.1, 0.15) is 26.5 Å². The van der Waals surface area contributed by atoms with Crippen LogP contribution in [0.15, 0.2) is 23.6 Å². The maximum absolute atomic E-state index is 12.2. The number of nitrogens with zero attached hydrogens (tertiary/aromatic N) is 3. The molecule has 0 saturated carbocycles. The van der Waals surface area contributed by atoms with Gasteiger partial charge in [-0.25, -0.2) is 4.98 Å². The lowest BCUT2D eigenvalue weighted by atomic mass is 10.2. The lowest BCUT2D eigenvalue weighted by molar-refractivity contribution is -0.115. The number of ether oxygens (including phenoxy) is 1. The number of halogens is 2. The second-order valence-corrected chi connectivity index (χ2v) is 8.18. The Hall–Kier alpha value is -1.18. The molecular weight excluding hydrogens is 393 g/mol. The summed E-state index contributed by atoms with van der Waals surface area (Å²) in [6.07, 6.45) is 0.420. The van der Waals surface area contributed by atoms with Crippen molar-refractivity contribution in [2.45, 2.75) is 39.5 Å². The van der Waals surface area contributed by atoms with Gasteiger partial charge in [-0.05, 0) is 32.0 Å². The minimum Gasteiger partial charge on any atom is -0.373 e. The highest BCUT2D eigenvalue weighted by Crippen LogP contribution is 2.33. The first-order chi connectivity index (χ1) is 12.3. The number of aromatic nitrogens is 1. The van der Waals surface area contributed by atoms with Gasteiger partial charge < -0.3 is 4.74 Å². The number of hydrogen-bond donors (Lipinski definition) is 0. The first-order valence-corrected chi connectivity index (χ1v) is 10.0. The van der Waals surface area contributed by atoms with Gasteiger partial charge in [0.15, 0.2) is 5.13 Å². The molecular formula is C18H21Cl2N3O2S. The number of anilines is 2. The maximum Gasteiger partial charge on any atom is 0.230 e. The Bertz CT molecular complexity index is 788. The van der Waals surface area contributed by atoms with E-state index in [-0.39, 0.29) is 18.1 Å². The van der Waals surface area contributed by atoms with E-state index in [0.29, 0.717) is 20.9 Å². The van der Waals surface area contributed by atoms with Crippen molar-refractivity contribution in [3.05, 3.63) is 39.3 Å². The fraction of sp³-hybridized carbons (Fsp3) is 0.444. The van der Waals surface area contributed by atoms with Crippen molar-refractivity contribution in [1.29, 1.82) is 0 Å². The third-order valence-corrected chi connectivity index (χ3v) is 5.70. The number of rotatable bonds is 4. The third-order valence-electron chi connectivity index (χ3n) is 4.09. The van der Waals surface area contributed by atoms with Crippen molar-refractivity contribution >= 4 is 51.3 Å². The van der Waals surface area contributed by atoms with Crippen molar-refractivity contribution in [1.82, 2.24) is 9.88 Å². The highest BCUT2D eigenvalue weighted by Gasteiger charge is 2.24. The predicted octanol–water partition coefficient (Wildman–Crippen LogP) is 4.74. The molecule has 0 N–H and O–H groups in total. The Morgan fingerprint density at radius 2 is 2.00 bits per heavy atom. The zero-order chi connectivity index (χ0) is 18.8. The van der Waals surface area contributed by atoms with E-state index in [4.69, 9.17) is 27.9 Å². The SMILES string of the molecule is CC(=O)N(c1ccc(Cl)c(Cl)c1)c1nc(CN2C[C@H](C)O[C@@H](C)C2)cs1. The molecule has 1 aliphatic heterocycles. The first-order valence-electron chi connectivity index (χ1n) is 8.41. The largest absolute Gasteiger partial charge is 0.373 e. The van der Waals surface area contributed by atoms with E-state index in [1.807, 2.05) is 5.38 Å². The smallest absolute Gasteiger partial charge is 0.230 e. The van der Waals surface area contributed by atoms with Crippen LogP contribution in [0.25, 0.3) is 0 Å². The number of carbonyl (C=O) groups is 1. The van der Waals surface area contributed by atoms with Crippen LogP contribution in [0.2, 0.25) is 10.0 Å². The summed E-state index contributed by atoms with van der Waals surface area (Å²) in [5.41, 5.74) is 1.60. The maximum atomic E-state index is 12.2. The second kappa shape index (κ2) is 8.23. The van der Waals surface area contributed by atoms with Crippen molar-refractivity contribution < 1.29 is 9.53 Å². The molecule has 0 spiro atoms. The minimum absolute atomic E-state index is 0.127. The molecule has 0 unspecified atom stereocenters. The van der Waals surface area contributed by atoms with E-state index < -0.39 is 0 Å². The molecule has 1 saturated heterocycles. The van der Waals surface area contributed by atoms with Gasteiger partial charge in [-0.3, -0.25) is 14.6 Å². The second-order valence-electron chi connectivity index (χ2n) is 6.53. The van der Waals surface area contributed by atoms with Crippen LogP contribution in [0, 0.1) is 0 Å². The number of benzene rings is 1. The molecule has 2 heterocycles. The first kappa shape index (κ1) is 19.6. The van der Waals surface area contributed by atoms with Gasteiger partial charge in [0.2, 0.25) is 5.91 Å². The number of hydrogen-bond acceptors (Lipinski definition) is 5. The fourth-order valence-electron chi connectivity index (χ4n) is 3.17. The number of carbonyl (C=O) groups excluding carboxylic acids is 1. The Balaban J connectivity index is 1.79. The normalized spacial score (nSPS) is 21.0. The summed E-state index contributed by atoms with van der Waals surface area (Å²) in [7, 11) is 0. The van der Waals surface area contributed by atoms with Crippen molar-refractivity contribution in [3.8, 4) is 0 Å². The van der Waals surface area contributed by atoms with Gasteiger partial charge in [0.25, 0.3) is 0 Å². The monoisotopic (exact) mass is 413 g/mol. The Morgan fingerprint density at radius 3 is 2.62 bits per heavy atom. The zero-order valence-corrected chi connectivity index (χ0v) is 17.2. The molecule has 1 amide bonds. The fourth-order valence-corrected chi connectivity index (χ4v) is 4.34. The molecule has 0 bridgehead atoms.